The van der Waals surface area contributed by atoms with E-state index in [1.165, 1.54) is 0 Å². The Kier molecular flexibility index (Phi) is 4.81. The van der Waals surface area contributed by atoms with Crippen molar-refractivity contribution in [2.45, 2.75) is 32.7 Å². The summed E-state index contributed by atoms with van der Waals surface area (Å²) in [6, 6.07) is 7.70. The summed E-state index contributed by atoms with van der Waals surface area (Å²) >= 11 is 6.39. The van der Waals surface area contributed by atoms with Crippen LogP contribution in [0.3, 0.4) is 0 Å². The Hall–Kier alpha value is -2.01. The number of halogens is 1. The zero-order valence-corrected chi connectivity index (χ0v) is 15.0. The van der Waals surface area contributed by atoms with Gasteiger partial charge in [0.25, 0.3) is 5.91 Å². The summed E-state index contributed by atoms with van der Waals surface area (Å²) in [6.45, 7) is 4.70. The SMILES string of the molecule is Cc1cccc(OCC(=O)N2CCC[C@@H]2c2c(C)nn(C)c2Cl)c1. The standard InChI is InChI=1S/C18H22ClN3O2/c1-12-6-4-7-14(10-12)24-11-16(23)22-9-5-8-15(22)17-13(2)20-21(3)18(17)19/h4,6-7,10,15H,5,8-9,11H2,1-3H3/t15-/m1/s1. The van der Waals surface area contributed by atoms with Crippen LogP contribution in [0, 0.1) is 13.8 Å². The first-order valence-electron chi connectivity index (χ1n) is 8.15. The number of benzene rings is 1. The Labute approximate surface area is 147 Å². The average Bonchev–Trinajstić information content (AvgIpc) is 3.10. The van der Waals surface area contributed by atoms with Gasteiger partial charge in [0.1, 0.15) is 10.9 Å². The van der Waals surface area contributed by atoms with Crippen LogP contribution in [0.2, 0.25) is 5.15 Å². The Morgan fingerprint density at radius 1 is 1.42 bits per heavy atom. The minimum Gasteiger partial charge on any atom is -0.484 e. The van der Waals surface area contributed by atoms with Gasteiger partial charge in [-0.05, 0) is 44.4 Å². The van der Waals surface area contributed by atoms with E-state index in [9.17, 15) is 4.79 Å². The third-order valence-corrected chi connectivity index (χ3v) is 4.90. The molecule has 0 radical (unpaired) electrons. The Morgan fingerprint density at radius 2 is 2.21 bits per heavy atom. The zero-order valence-electron chi connectivity index (χ0n) is 14.3. The van der Waals surface area contributed by atoms with Gasteiger partial charge in [-0.2, -0.15) is 5.10 Å². The molecule has 0 aliphatic carbocycles. The van der Waals surface area contributed by atoms with E-state index in [2.05, 4.69) is 5.10 Å². The van der Waals surface area contributed by atoms with Gasteiger partial charge >= 0.3 is 0 Å². The van der Waals surface area contributed by atoms with Crippen molar-refractivity contribution in [3.8, 4) is 5.75 Å². The van der Waals surface area contributed by atoms with Gasteiger partial charge in [-0.1, -0.05) is 23.7 Å². The maximum atomic E-state index is 12.6. The molecule has 2 aromatic rings. The number of likely N-dealkylation sites (tertiary alicyclic amines) is 1. The van der Waals surface area contributed by atoms with Crippen LogP contribution in [0.5, 0.6) is 5.75 Å². The first kappa shape index (κ1) is 16.8. The summed E-state index contributed by atoms with van der Waals surface area (Å²) in [5.74, 6) is 0.702. The third kappa shape index (κ3) is 3.26. The van der Waals surface area contributed by atoms with Crippen LogP contribution in [0.4, 0.5) is 0 Å². The van der Waals surface area contributed by atoms with Crippen LogP contribution in [-0.2, 0) is 11.8 Å². The van der Waals surface area contributed by atoms with Crippen LogP contribution in [0.15, 0.2) is 24.3 Å². The molecule has 1 saturated heterocycles. The highest BCUT2D eigenvalue weighted by molar-refractivity contribution is 6.30. The monoisotopic (exact) mass is 347 g/mol. The Morgan fingerprint density at radius 3 is 2.88 bits per heavy atom. The second kappa shape index (κ2) is 6.85. The molecule has 5 nitrogen and oxygen atoms in total. The molecular weight excluding hydrogens is 326 g/mol. The van der Waals surface area contributed by atoms with E-state index in [0.717, 1.165) is 42.0 Å². The third-order valence-electron chi connectivity index (χ3n) is 4.45. The number of amides is 1. The van der Waals surface area contributed by atoms with Gasteiger partial charge in [-0.3, -0.25) is 9.48 Å². The zero-order chi connectivity index (χ0) is 17.3. The number of hydrogen-bond acceptors (Lipinski definition) is 3. The number of aromatic nitrogens is 2. The number of carbonyl (C=O) groups is 1. The minimum atomic E-state index is -0.0154. The van der Waals surface area contributed by atoms with Gasteiger partial charge < -0.3 is 9.64 Å². The van der Waals surface area contributed by atoms with Crippen molar-refractivity contribution >= 4 is 17.5 Å². The molecule has 1 atom stereocenters. The van der Waals surface area contributed by atoms with Crippen LogP contribution in [-0.4, -0.2) is 33.7 Å². The summed E-state index contributed by atoms with van der Waals surface area (Å²) in [7, 11) is 1.82. The van der Waals surface area contributed by atoms with Gasteiger partial charge in [0.2, 0.25) is 0 Å². The molecule has 1 aromatic heterocycles. The van der Waals surface area contributed by atoms with E-state index in [-0.39, 0.29) is 18.6 Å². The quantitative estimate of drug-likeness (QED) is 0.851. The molecule has 0 spiro atoms. The molecule has 128 valence electrons. The highest BCUT2D eigenvalue weighted by Gasteiger charge is 2.34. The molecule has 0 N–H and O–H groups in total. The Balaban J connectivity index is 1.72. The van der Waals surface area contributed by atoms with E-state index >= 15 is 0 Å². The predicted octanol–water partition coefficient (Wildman–Crippen LogP) is 3.43. The van der Waals surface area contributed by atoms with E-state index < -0.39 is 0 Å². The van der Waals surface area contributed by atoms with Crippen molar-refractivity contribution in [1.82, 2.24) is 14.7 Å². The minimum absolute atomic E-state index is 0.0141. The second-order valence-electron chi connectivity index (χ2n) is 6.26. The van der Waals surface area contributed by atoms with Gasteiger partial charge in [-0.15, -0.1) is 0 Å². The molecular formula is C18H22ClN3O2. The Bertz CT molecular complexity index is 757. The van der Waals surface area contributed by atoms with E-state index in [1.54, 1.807) is 4.68 Å². The topological polar surface area (TPSA) is 47.4 Å². The number of nitrogens with zero attached hydrogens (tertiary/aromatic N) is 3. The number of carbonyl (C=O) groups excluding carboxylic acids is 1. The van der Waals surface area contributed by atoms with Crippen molar-refractivity contribution in [2.75, 3.05) is 13.2 Å². The van der Waals surface area contributed by atoms with Crippen LogP contribution >= 0.6 is 11.6 Å². The van der Waals surface area contributed by atoms with Crippen LogP contribution in [0.25, 0.3) is 0 Å². The van der Waals surface area contributed by atoms with Crippen LogP contribution < -0.4 is 4.74 Å². The summed E-state index contributed by atoms with van der Waals surface area (Å²) in [4.78, 5) is 14.5. The molecule has 1 amide bonds. The first-order valence-corrected chi connectivity index (χ1v) is 8.53. The van der Waals surface area contributed by atoms with E-state index in [1.807, 2.05) is 50.1 Å². The van der Waals surface area contributed by atoms with Crippen LogP contribution in [0.1, 0.15) is 35.7 Å². The van der Waals surface area contributed by atoms with Gasteiger partial charge in [0, 0.05) is 19.2 Å². The fraction of sp³-hybridized carbons (Fsp3) is 0.444. The summed E-state index contributed by atoms with van der Waals surface area (Å²) in [5, 5.41) is 4.98. The maximum Gasteiger partial charge on any atom is 0.261 e. The lowest BCUT2D eigenvalue weighted by Gasteiger charge is -2.25. The lowest BCUT2D eigenvalue weighted by Crippen LogP contribution is -2.34. The molecule has 0 bridgehead atoms. The molecule has 0 unspecified atom stereocenters. The molecule has 1 aliphatic heterocycles. The smallest absolute Gasteiger partial charge is 0.261 e. The van der Waals surface area contributed by atoms with Crippen molar-refractivity contribution in [2.24, 2.45) is 7.05 Å². The number of rotatable bonds is 4. The predicted molar refractivity (Wildman–Crippen MR) is 93.3 cm³/mol. The number of ether oxygens (including phenoxy) is 1. The number of aryl methyl sites for hydroxylation is 3. The lowest BCUT2D eigenvalue weighted by molar-refractivity contribution is -0.134. The van der Waals surface area contributed by atoms with Gasteiger partial charge in [0.15, 0.2) is 6.61 Å². The van der Waals surface area contributed by atoms with E-state index in [0.29, 0.717) is 5.15 Å². The average molecular weight is 348 g/mol. The van der Waals surface area contributed by atoms with Gasteiger partial charge in [-0.25, -0.2) is 0 Å². The number of hydrogen-bond donors (Lipinski definition) is 0. The molecule has 3 rings (SSSR count). The van der Waals surface area contributed by atoms with Crippen molar-refractivity contribution < 1.29 is 9.53 Å². The highest BCUT2D eigenvalue weighted by atomic mass is 35.5. The molecule has 6 heteroatoms. The van der Waals surface area contributed by atoms with E-state index in [4.69, 9.17) is 16.3 Å². The molecule has 1 aromatic carbocycles. The largest absolute Gasteiger partial charge is 0.484 e. The molecule has 1 fully saturated rings. The lowest BCUT2D eigenvalue weighted by atomic mass is 10.1. The molecule has 2 heterocycles. The fourth-order valence-corrected chi connectivity index (χ4v) is 3.62. The molecule has 0 saturated carbocycles. The van der Waals surface area contributed by atoms with Crippen molar-refractivity contribution in [1.29, 1.82) is 0 Å². The van der Waals surface area contributed by atoms with Crippen molar-refractivity contribution in [3.63, 3.8) is 0 Å². The molecule has 24 heavy (non-hydrogen) atoms. The van der Waals surface area contributed by atoms with Crippen molar-refractivity contribution in [3.05, 3.63) is 46.2 Å². The highest BCUT2D eigenvalue weighted by Crippen LogP contribution is 2.37. The summed E-state index contributed by atoms with van der Waals surface area (Å²) in [5.41, 5.74) is 2.95. The summed E-state index contributed by atoms with van der Waals surface area (Å²) in [6.07, 6.45) is 1.87. The maximum absolute atomic E-state index is 12.6. The molecule has 1 aliphatic rings. The fourth-order valence-electron chi connectivity index (χ4n) is 3.32. The second-order valence-corrected chi connectivity index (χ2v) is 6.62. The first-order chi connectivity index (χ1) is 11.5. The van der Waals surface area contributed by atoms with Gasteiger partial charge in [0.05, 0.1) is 11.7 Å². The normalized spacial score (nSPS) is 17.3. The summed E-state index contributed by atoms with van der Waals surface area (Å²) < 4.78 is 7.33.